The zero-order valence-electron chi connectivity index (χ0n) is 20.8. The van der Waals surface area contributed by atoms with Gasteiger partial charge in [0.2, 0.25) is 0 Å². The number of ether oxygens (including phenoxy) is 1. The van der Waals surface area contributed by atoms with Crippen LogP contribution in [0.2, 0.25) is 0 Å². The summed E-state index contributed by atoms with van der Waals surface area (Å²) in [6.45, 7) is 16.2. The van der Waals surface area contributed by atoms with E-state index in [0.29, 0.717) is 23.5 Å². The Morgan fingerprint density at radius 2 is 1.97 bits per heavy atom. The Labute approximate surface area is 199 Å². The van der Waals surface area contributed by atoms with Gasteiger partial charge in [0.05, 0.1) is 24.2 Å². The molecule has 0 aliphatic carbocycles. The number of methoxy groups -OCH3 is 1. The first kappa shape index (κ1) is 27.3. The molecule has 0 amide bonds. The van der Waals surface area contributed by atoms with Crippen LogP contribution >= 0.6 is 0 Å². The monoisotopic (exact) mass is 447 g/mol. The lowest BCUT2D eigenvalue weighted by atomic mass is 9.98. The van der Waals surface area contributed by atoms with E-state index in [1.807, 2.05) is 62.2 Å². The van der Waals surface area contributed by atoms with Crippen LogP contribution in [0.15, 0.2) is 72.7 Å². The van der Waals surface area contributed by atoms with Crippen molar-refractivity contribution in [2.45, 2.75) is 47.0 Å². The van der Waals surface area contributed by atoms with Gasteiger partial charge in [-0.15, -0.1) is 0 Å². The molecule has 6 heteroatoms. The van der Waals surface area contributed by atoms with Crippen molar-refractivity contribution in [1.29, 1.82) is 5.26 Å². The molecular formula is C27H37N5O. The number of nitrogens with zero attached hydrogens (tertiary/aromatic N) is 3. The minimum atomic E-state index is 0.471. The number of hydrogen-bond acceptors (Lipinski definition) is 5. The minimum Gasteiger partial charge on any atom is -0.501 e. The molecule has 0 atom stereocenters. The van der Waals surface area contributed by atoms with E-state index in [0.717, 1.165) is 41.2 Å². The van der Waals surface area contributed by atoms with Gasteiger partial charge in [0.25, 0.3) is 0 Å². The first-order valence-corrected chi connectivity index (χ1v) is 11.1. The summed E-state index contributed by atoms with van der Waals surface area (Å²) in [6.07, 6.45) is 18.4. The molecule has 2 N–H and O–H groups in total. The van der Waals surface area contributed by atoms with E-state index in [1.54, 1.807) is 7.11 Å². The summed E-state index contributed by atoms with van der Waals surface area (Å²) in [7, 11) is 3.49. The second-order valence-electron chi connectivity index (χ2n) is 7.21. The molecule has 1 rings (SSSR count). The maximum Gasteiger partial charge on any atom is 0.181 e. The molecule has 1 heterocycles. The normalized spacial score (nSPS) is 12.8. The van der Waals surface area contributed by atoms with Gasteiger partial charge in [0.15, 0.2) is 6.19 Å². The number of anilines is 1. The first-order valence-electron chi connectivity index (χ1n) is 11.1. The Kier molecular flexibility index (Phi) is 11.9. The van der Waals surface area contributed by atoms with Crippen LogP contribution in [0.25, 0.3) is 11.3 Å². The molecule has 0 radical (unpaired) electrons. The fourth-order valence-electron chi connectivity index (χ4n) is 3.28. The van der Waals surface area contributed by atoms with Gasteiger partial charge in [-0.2, -0.15) is 10.4 Å². The second kappa shape index (κ2) is 14.4. The number of nitriles is 1. The number of nitrogens with one attached hydrogen (secondary N) is 2. The number of hydrogen-bond donors (Lipinski definition) is 2. The molecule has 1 aromatic heterocycles. The van der Waals surface area contributed by atoms with Crippen molar-refractivity contribution < 1.29 is 4.74 Å². The SMILES string of the molecule is C=C(NC#N)C(/C=C(\C/C=C\CC)c1nn(C(=C)/C=C\C=C/C)c(NC)c1CC)=C(/C)OC. The molecule has 0 spiro atoms. The summed E-state index contributed by atoms with van der Waals surface area (Å²) in [4.78, 5) is 0. The smallest absolute Gasteiger partial charge is 0.181 e. The third kappa shape index (κ3) is 7.43. The lowest BCUT2D eigenvalue weighted by molar-refractivity contribution is 0.290. The van der Waals surface area contributed by atoms with Crippen molar-refractivity contribution in [3.05, 3.63) is 84.0 Å². The molecule has 6 nitrogen and oxygen atoms in total. The van der Waals surface area contributed by atoms with Crippen molar-refractivity contribution >= 4 is 17.1 Å². The topological polar surface area (TPSA) is 74.9 Å². The fraction of sp³-hybridized carbons (Fsp3) is 0.333. The lowest BCUT2D eigenvalue weighted by Crippen LogP contribution is -2.08. The summed E-state index contributed by atoms with van der Waals surface area (Å²) in [5.74, 6) is 1.56. The molecule has 0 aliphatic rings. The Balaban J connectivity index is 3.80. The predicted molar refractivity (Wildman–Crippen MR) is 140 cm³/mol. The summed E-state index contributed by atoms with van der Waals surface area (Å²) < 4.78 is 7.31. The molecule has 0 aliphatic heterocycles. The zero-order valence-corrected chi connectivity index (χ0v) is 20.8. The largest absolute Gasteiger partial charge is 0.501 e. The average molecular weight is 448 g/mol. The molecular weight excluding hydrogens is 410 g/mol. The van der Waals surface area contributed by atoms with Crippen LogP contribution in [0.1, 0.15) is 51.8 Å². The molecule has 0 bridgehead atoms. The molecule has 0 aromatic carbocycles. The Hall–Kier alpha value is -3.72. The van der Waals surface area contributed by atoms with Gasteiger partial charge >= 0.3 is 0 Å². The Morgan fingerprint density at radius 1 is 1.24 bits per heavy atom. The molecule has 33 heavy (non-hydrogen) atoms. The maximum atomic E-state index is 9.11. The first-order chi connectivity index (χ1) is 15.9. The van der Waals surface area contributed by atoms with Crippen LogP contribution in [-0.2, 0) is 11.2 Å². The highest BCUT2D eigenvalue weighted by molar-refractivity contribution is 5.76. The highest BCUT2D eigenvalue weighted by Gasteiger charge is 2.20. The van der Waals surface area contributed by atoms with E-state index < -0.39 is 0 Å². The van der Waals surface area contributed by atoms with Gasteiger partial charge in [-0.05, 0) is 50.8 Å². The molecule has 0 unspecified atom stereocenters. The van der Waals surface area contributed by atoms with E-state index in [9.17, 15) is 0 Å². The molecule has 1 aromatic rings. The van der Waals surface area contributed by atoms with Gasteiger partial charge in [0.1, 0.15) is 11.6 Å². The van der Waals surface area contributed by atoms with E-state index in [4.69, 9.17) is 15.1 Å². The standard InChI is InChI=1S/C27H37N5O/c1-9-12-14-16-20(4)32-27(29-7)24(11-3)26(31-32)23(17-15-13-10-2)18-25(22(6)33-8)21(5)30-19-28/h9,12-16,18,29-30H,4-5,10-11,17H2,1-3,6-8H3/b12-9-,15-13-,16-14-,23-18+,25-22-. The second-order valence-corrected chi connectivity index (χ2v) is 7.21. The lowest BCUT2D eigenvalue weighted by Gasteiger charge is -2.12. The van der Waals surface area contributed by atoms with Crippen LogP contribution in [0.5, 0.6) is 0 Å². The van der Waals surface area contributed by atoms with E-state index in [-0.39, 0.29) is 0 Å². The average Bonchev–Trinajstić information content (AvgIpc) is 3.19. The van der Waals surface area contributed by atoms with Crippen molar-refractivity contribution in [3.8, 4) is 6.19 Å². The van der Waals surface area contributed by atoms with Gasteiger partial charge in [-0.1, -0.05) is 57.4 Å². The summed E-state index contributed by atoms with van der Waals surface area (Å²) in [5, 5.41) is 20.0. The van der Waals surface area contributed by atoms with Crippen molar-refractivity contribution in [3.63, 3.8) is 0 Å². The van der Waals surface area contributed by atoms with Crippen molar-refractivity contribution in [1.82, 2.24) is 15.1 Å². The molecule has 176 valence electrons. The van der Waals surface area contributed by atoms with Gasteiger partial charge < -0.3 is 10.1 Å². The highest BCUT2D eigenvalue weighted by Crippen LogP contribution is 2.32. The van der Waals surface area contributed by atoms with Gasteiger partial charge in [-0.25, -0.2) is 4.68 Å². The summed E-state index contributed by atoms with van der Waals surface area (Å²) >= 11 is 0. The number of rotatable bonds is 13. The maximum absolute atomic E-state index is 9.11. The number of allylic oxidation sites excluding steroid dienone is 10. The fourth-order valence-corrected chi connectivity index (χ4v) is 3.28. The Bertz CT molecular complexity index is 1030. The third-order valence-corrected chi connectivity index (χ3v) is 5.02. The van der Waals surface area contributed by atoms with Crippen molar-refractivity contribution in [2.24, 2.45) is 0 Å². The molecule has 0 fully saturated rings. The summed E-state index contributed by atoms with van der Waals surface area (Å²) in [5.41, 5.74) is 4.88. The quantitative estimate of drug-likeness (QED) is 0.121. The van der Waals surface area contributed by atoms with Crippen LogP contribution in [-0.4, -0.2) is 23.9 Å². The predicted octanol–water partition coefficient (Wildman–Crippen LogP) is 6.33. The van der Waals surface area contributed by atoms with Crippen LogP contribution < -0.4 is 10.6 Å². The third-order valence-electron chi connectivity index (χ3n) is 5.02. The summed E-state index contributed by atoms with van der Waals surface area (Å²) in [6, 6.07) is 0. The van der Waals surface area contributed by atoms with Crippen LogP contribution in [0.3, 0.4) is 0 Å². The Morgan fingerprint density at radius 3 is 2.52 bits per heavy atom. The molecule has 0 saturated heterocycles. The van der Waals surface area contributed by atoms with Crippen molar-refractivity contribution in [2.75, 3.05) is 19.5 Å². The van der Waals surface area contributed by atoms with E-state index in [2.05, 4.69) is 49.8 Å². The van der Waals surface area contributed by atoms with E-state index >= 15 is 0 Å². The highest BCUT2D eigenvalue weighted by atomic mass is 16.5. The number of aromatic nitrogens is 2. The van der Waals surface area contributed by atoms with Gasteiger partial charge in [-0.3, -0.25) is 5.32 Å². The zero-order chi connectivity index (χ0) is 24.8. The van der Waals surface area contributed by atoms with Gasteiger partial charge in [0, 0.05) is 18.2 Å². The molecule has 0 saturated carbocycles. The van der Waals surface area contributed by atoms with Crippen LogP contribution in [0, 0.1) is 11.5 Å². The van der Waals surface area contributed by atoms with Crippen LogP contribution in [0.4, 0.5) is 5.82 Å². The van der Waals surface area contributed by atoms with E-state index in [1.165, 1.54) is 0 Å². The minimum absolute atomic E-state index is 0.471.